The van der Waals surface area contributed by atoms with Gasteiger partial charge in [0.25, 0.3) is 0 Å². The molecule has 2 nitrogen and oxygen atoms in total. The van der Waals surface area contributed by atoms with Gasteiger partial charge >= 0.3 is 0 Å². The second kappa shape index (κ2) is 4.88. The van der Waals surface area contributed by atoms with Gasteiger partial charge in [0.15, 0.2) is 0 Å². The van der Waals surface area contributed by atoms with E-state index in [0.29, 0.717) is 12.3 Å². The van der Waals surface area contributed by atoms with Gasteiger partial charge in [0.05, 0.1) is 0 Å². The third-order valence-corrected chi connectivity index (χ3v) is 3.86. The average molecular weight is 251 g/mol. The van der Waals surface area contributed by atoms with Crippen molar-refractivity contribution in [1.29, 1.82) is 0 Å². The number of nitrogens with zero attached hydrogens (tertiary/aromatic N) is 1. The standard InChI is InChI=1S/C17H17NO/c1-18-16-10-6-5-9-15(16)14(12-17(18)19)11-13-7-3-2-4-8-13/h2-10,14H,11-12H2,1H3. The van der Waals surface area contributed by atoms with Gasteiger partial charge in [-0.3, -0.25) is 4.79 Å². The number of benzene rings is 2. The third-order valence-electron chi connectivity index (χ3n) is 3.86. The fourth-order valence-electron chi connectivity index (χ4n) is 2.81. The van der Waals surface area contributed by atoms with Crippen LogP contribution in [0.15, 0.2) is 54.6 Å². The lowest BCUT2D eigenvalue weighted by Crippen LogP contribution is -2.33. The molecule has 1 atom stereocenters. The summed E-state index contributed by atoms with van der Waals surface area (Å²) in [6, 6.07) is 18.6. The van der Waals surface area contributed by atoms with Crippen molar-refractivity contribution in [2.45, 2.75) is 18.8 Å². The van der Waals surface area contributed by atoms with E-state index in [1.165, 1.54) is 11.1 Å². The van der Waals surface area contributed by atoms with Gasteiger partial charge in [-0.05, 0) is 29.5 Å². The van der Waals surface area contributed by atoms with E-state index in [-0.39, 0.29) is 5.91 Å². The molecule has 96 valence electrons. The number of hydrogen-bond donors (Lipinski definition) is 0. The van der Waals surface area contributed by atoms with Gasteiger partial charge in [-0.2, -0.15) is 0 Å². The first-order chi connectivity index (χ1) is 9.25. The van der Waals surface area contributed by atoms with E-state index < -0.39 is 0 Å². The van der Waals surface area contributed by atoms with Crippen LogP contribution in [-0.2, 0) is 11.2 Å². The Balaban J connectivity index is 1.95. The monoisotopic (exact) mass is 251 g/mol. The van der Waals surface area contributed by atoms with E-state index in [4.69, 9.17) is 0 Å². The summed E-state index contributed by atoms with van der Waals surface area (Å²) < 4.78 is 0. The average Bonchev–Trinajstić information content (AvgIpc) is 2.46. The van der Waals surface area contributed by atoms with Gasteiger partial charge in [0.2, 0.25) is 5.91 Å². The predicted octanol–water partition coefficient (Wildman–Crippen LogP) is 3.38. The lowest BCUT2D eigenvalue weighted by Gasteiger charge is -2.31. The quantitative estimate of drug-likeness (QED) is 0.801. The fraction of sp³-hybridized carbons (Fsp3) is 0.235. The van der Waals surface area contributed by atoms with Crippen LogP contribution in [0.5, 0.6) is 0 Å². The molecule has 2 aromatic carbocycles. The summed E-state index contributed by atoms with van der Waals surface area (Å²) >= 11 is 0. The maximum Gasteiger partial charge on any atom is 0.227 e. The van der Waals surface area contributed by atoms with Crippen LogP contribution in [0.1, 0.15) is 23.5 Å². The second-order valence-electron chi connectivity index (χ2n) is 5.10. The molecule has 0 saturated carbocycles. The first-order valence-electron chi connectivity index (χ1n) is 6.65. The highest BCUT2D eigenvalue weighted by atomic mass is 16.2. The maximum absolute atomic E-state index is 12.1. The highest BCUT2D eigenvalue weighted by Crippen LogP contribution is 2.36. The fourth-order valence-corrected chi connectivity index (χ4v) is 2.81. The molecule has 2 heteroatoms. The minimum Gasteiger partial charge on any atom is -0.315 e. The van der Waals surface area contributed by atoms with Crippen molar-refractivity contribution < 1.29 is 4.79 Å². The topological polar surface area (TPSA) is 20.3 Å². The van der Waals surface area contributed by atoms with E-state index in [0.717, 1.165) is 12.1 Å². The molecule has 0 aliphatic carbocycles. The molecule has 1 heterocycles. The van der Waals surface area contributed by atoms with E-state index in [1.807, 2.05) is 25.2 Å². The van der Waals surface area contributed by atoms with E-state index in [1.54, 1.807) is 4.90 Å². The minimum atomic E-state index is 0.208. The van der Waals surface area contributed by atoms with Gasteiger partial charge in [-0.25, -0.2) is 0 Å². The van der Waals surface area contributed by atoms with Crippen molar-refractivity contribution in [2.24, 2.45) is 0 Å². The van der Waals surface area contributed by atoms with Crippen molar-refractivity contribution in [3.63, 3.8) is 0 Å². The summed E-state index contributed by atoms with van der Waals surface area (Å²) in [4.78, 5) is 13.9. The number of carbonyl (C=O) groups excluding carboxylic acids is 1. The van der Waals surface area contributed by atoms with Gasteiger partial charge in [-0.1, -0.05) is 48.5 Å². The van der Waals surface area contributed by atoms with Crippen LogP contribution in [0.2, 0.25) is 0 Å². The van der Waals surface area contributed by atoms with E-state index >= 15 is 0 Å². The molecular formula is C17H17NO. The molecule has 0 spiro atoms. The van der Waals surface area contributed by atoms with Crippen molar-refractivity contribution >= 4 is 11.6 Å². The molecule has 0 bridgehead atoms. The van der Waals surface area contributed by atoms with E-state index in [2.05, 4.69) is 36.4 Å². The zero-order valence-electron chi connectivity index (χ0n) is 11.0. The number of hydrogen-bond acceptors (Lipinski definition) is 1. The van der Waals surface area contributed by atoms with Crippen LogP contribution < -0.4 is 4.90 Å². The molecule has 0 fully saturated rings. The van der Waals surface area contributed by atoms with Crippen molar-refractivity contribution in [2.75, 3.05) is 11.9 Å². The van der Waals surface area contributed by atoms with Crippen molar-refractivity contribution in [3.8, 4) is 0 Å². The molecule has 0 saturated heterocycles. The molecule has 1 amide bonds. The Kier molecular flexibility index (Phi) is 3.08. The second-order valence-corrected chi connectivity index (χ2v) is 5.10. The van der Waals surface area contributed by atoms with Gasteiger partial charge in [0.1, 0.15) is 0 Å². The molecule has 3 rings (SSSR count). The Labute approximate surface area is 113 Å². The normalized spacial score (nSPS) is 18.3. The number of rotatable bonds is 2. The third kappa shape index (κ3) is 2.26. The summed E-state index contributed by atoms with van der Waals surface area (Å²) in [6.07, 6.45) is 1.53. The highest BCUT2D eigenvalue weighted by Gasteiger charge is 2.28. The number of anilines is 1. The SMILES string of the molecule is CN1C(=O)CC(Cc2ccccc2)c2ccccc21. The number of fused-ring (bicyclic) bond motifs is 1. The predicted molar refractivity (Wildman–Crippen MR) is 77.4 cm³/mol. The first-order valence-corrected chi connectivity index (χ1v) is 6.65. The molecule has 0 aromatic heterocycles. The van der Waals surface area contributed by atoms with Crippen LogP contribution in [0.25, 0.3) is 0 Å². The molecule has 1 unspecified atom stereocenters. The Bertz CT molecular complexity index is 591. The molecule has 1 aliphatic rings. The number of para-hydroxylation sites is 1. The smallest absolute Gasteiger partial charge is 0.227 e. The zero-order chi connectivity index (χ0) is 13.2. The molecular weight excluding hydrogens is 234 g/mol. The number of carbonyl (C=O) groups is 1. The Morgan fingerprint density at radius 1 is 1.05 bits per heavy atom. The first kappa shape index (κ1) is 12.0. The minimum absolute atomic E-state index is 0.208. The van der Waals surface area contributed by atoms with Crippen LogP contribution in [0, 0.1) is 0 Å². The number of amides is 1. The molecule has 2 aromatic rings. The van der Waals surface area contributed by atoms with Crippen LogP contribution in [-0.4, -0.2) is 13.0 Å². The summed E-state index contributed by atoms with van der Waals surface area (Å²) in [7, 11) is 1.86. The lowest BCUT2D eigenvalue weighted by atomic mass is 9.85. The molecule has 1 aliphatic heterocycles. The summed E-state index contributed by atoms with van der Waals surface area (Å²) in [5.41, 5.74) is 3.63. The maximum atomic E-state index is 12.1. The summed E-state index contributed by atoms with van der Waals surface area (Å²) in [6.45, 7) is 0. The van der Waals surface area contributed by atoms with Gasteiger partial charge < -0.3 is 4.90 Å². The Morgan fingerprint density at radius 3 is 2.53 bits per heavy atom. The Morgan fingerprint density at radius 2 is 1.74 bits per heavy atom. The summed E-state index contributed by atoms with van der Waals surface area (Å²) in [5.74, 6) is 0.502. The summed E-state index contributed by atoms with van der Waals surface area (Å²) in [5, 5.41) is 0. The van der Waals surface area contributed by atoms with Crippen LogP contribution >= 0.6 is 0 Å². The molecule has 0 N–H and O–H groups in total. The van der Waals surface area contributed by atoms with Gasteiger partial charge in [0, 0.05) is 19.2 Å². The van der Waals surface area contributed by atoms with Crippen molar-refractivity contribution in [1.82, 2.24) is 0 Å². The molecule has 19 heavy (non-hydrogen) atoms. The Hall–Kier alpha value is -2.09. The van der Waals surface area contributed by atoms with Gasteiger partial charge in [-0.15, -0.1) is 0 Å². The van der Waals surface area contributed by atoms with Crippen LogP contribution in [0.3, 0.4) is 0 Å². The van der Waals surface area contributed by atoms with Crippen LogP contribution in [0.4, 0.5) is 5.69 Å². The highest BCUT2D eigenvalue weighted by molar-refractivity contribution is 5.96. The lowest BCUT2D eigenvalue weighted by molar-refractivity contribution is -0.119. The van der Waals surface area contributed by atoms with Crippen molar-refractivity contribution in [3.05, 3.63) is 65.7 Å². The zero-order valence-corrected chi connectivity index (χ0v) is 11.0. The molecule has 0 radical (unpaired) electrons. The van der Waals surface area contributed by atoms with E-state index in [9.17, 15) is 4.79 Å². The largest absolute Gasteiger partial charge is 0.315 e.